The van der Waals surface area contributed by atoms with Gasteiger partial charge in [0.1, 0.15) is 5.03 Å². The van der Waals surface area contributed by atoms with E-state index in [1.807, 2.05) is 0 Å². The Morgan fingerprint density at radius 2 is 1.77 bits per heavy atom. The molecular weight excluding hydrogens is 260 g/mol. The first-order valence-corrected chi connectivity index (χ1v) is 4.53. The van der Waals surface area contributed by atoms with Gasteiger partial charge >= 0.3 is 0 Å². The predicted octanol–water partition coefficient (Wildman–Crippen LogP) is 2.21. The van der Waals surface area contributed by atoms with Crippen LogP contribution < -0.4 is 5.73 Å². The molecule has 1 amide bonds. The summed E-state index contributed by atoms with van der Waals surface area (Å²) < 4.78 is 4.81. The summed E-state index contributed by atoms with van der Waals surface area (Å²) in [5.41, 5.74) is 4.96. The van der Waals surface area contributed by atoms with Gasteiger partial charge in [0.25, 0.3) is 5.91 Å². The van der Waals surface area contributed by atoms with Gasteiger partial charge in [-0.15, -0.1) is 0 Å². The van der Waals surface area contributed by atoms with Gasteiger partial charge in [-0.3, -0.25) is 4.79 Å². The van der Waals surface area contributed by atoms with Crippen LogP contribution in [-0.2, 0) is 9.53 Å². The molecule has 13 heavy (non-hydrogen) atoms. The molecule has 1 atom stereocenters. The van der Waals surface area contributed by atoms with E-state index in [9.17, 15) is 4.79 Å². The standard InChI is InChI=1S/C6H3Cl4NO2/c7-1-2(8)4(6(11)12)13-5(10)3(1)9/h4H,(H2,11,12). The Bertz CT molecular complexity index is 323. The molecule has 0 aromatic rings. The van der Waals surface area contributed by atoms with Crippen molar-refractivity contribution in [3.8, 4) is 0 Å². The predicted molar refractivity (Wildman–Crippen MR) is 51.5 cm³/mol. The van der Waals surface area contributed by atoms with Gasteiger partial charge in [-0.2, -0.15) is 0 Å². The van der Waals surface area contributed by atoms with Crippen molar-refractivity contribution in [3.05, 3.63) is 20.3 Å². The summed E-state index contributed by atoms with van der Waals surface area (Å²) in [5.74, 6) is -0.787. The smallest absolute Gasteiger partial charge is 0.264 e. The van der Waals surface area contributed by atoms with Gasteiger partial charge in [0, 0.05) is 0 Å². The second-order valence-electron chi connectivity index (χ2n) is 2.15. The first-order valence-electron chi connectivity index (χ1n) is 3.02. The molecule has 0 aromatic carbocycles. The van der Waals surface area contributed by atoms with Crippen LogP contribution in [0.15, 0.2) is 20.3 Å². The van der Waals surface area contributed by atoms with Crippen molar-refractivity contribution >= 4 is 52.3 Å². The number of nitrogens with two attached hydrogens (primary N) is 1. The Morgan fingerprint density at radius 3 is 2.23 bits per heavy atom. The van der Waals surface area contributed by atoms with Crippen molar-refractivity contribution < 1.29 is 9.53 Å². The molecule has 0 aliphatic carbocycles. The average Bonchev–Trinajstić information content (AvgIpc) is 2.07. The maximum absolute atomic E-state index is 10.8. The molecule has 1 aliphatic rings. The first-order chi connectivity index (χ1) is 5.95. The van der Waals surface area contributed by atoms with Crippen molar-refractivity contribution in [1.29, 1.82) is 0 Å². The van der Waals surface area contributed by atoms with Gasteiger partial charge in [0.15, 0.2) is 0 Å². The molecule has 0 spiro atoms. The van der Waals surface area contributed by atoms with E-state index in [2.05, 4.69) is 0 Å². The lowest BCUT2D eigenvalue weighted by molar-refractivity contribution is -0.124. The summed E-state index contributed by atoms with van der Waals surface area (Å²) in [5, 5.41) is -0.322. The van der Waals surface area contributed by atoms with E-state index in [-0.39, 0.29) is 20.3 Å². The number of carbonyl (C=O) groups is 1. The zero-order valence-corrected chi connectivity index (χ0v) is 9.01. The minimum Gasteiger partial charge on any atom is -0.462 e. The SMILES string of the molecule is NC(=O)C1OC(Cl)=C(Cl)C(Cl)=C1Cl. The highest BCUT2D eigenvalue weighted by molar-refractivity contribution is 6.51. The quantitative estimate of drug-likeness (QED) is 0.788. The Labute approximate surface area is 94.0 Å². The van der Waals surface area contributed by atoms with E-state index in [1.54, 1.807) is 0 Å². The zero-order valence-electron chi connectivity index (χ0n) is 5.98. The fraction of sp³-hybridized carbons (Fsp3) is 0.167. The highest BCUT2D eigenvalue weighted by atomic mass is 35.5. The molecule has 2 N–H and O–H groups in total. The van der Waals surface area contributed by atoms with E-state index in [1.165, 1.54) is 0 Å². The van der Waals surface area contributed by atoms with Crippen molar-refractivity contribution in [2.24, 2.45) is 5.73 Å². The monoisotopic (exact) mass is 261 g/mol. The van der Waals surface area contributed by atoms with Crippen LogP contribution in [-0.4, -0.2) is 12.0 Å². The third-order valence-electron chi connectivity index (χ3n) is 1.28. The number of amides is 1. The molecule has 0 fully saturated rings. The number of rotatable bonds is 1. The number of hydrogen-bond donors (Lipinski definition) is 1. The van der Waals surface area contributed by atoms with Crippen LogP contribution in [0.25, 0.3) is 0 Å². The summed E-state index contributed by atoms with van der Waals surface area (Å²) >= 11 is 22.4. The maximum atomic E-state index is 10.8. The Balaban J connectivity index is 3.11. The lowest BCUT2D eigenvalue weighted by Crippen LogP contribution is -2.33. The molecule has 1 aliphatic heterocycles. The molecule has 0 aromatic heterocycles. The largest absolute Gasteiger partial charge is 0.462 e. The Morgan fingerprint density at radius 1 is 1.23 bits per heavy atom. The fourth-order valence-corrected chi connectivity index (χ4v) is 1.55. The molecule has 1 unspecified atom stereocenters. The second-order valence-corrected chi connectivity index (χ2v) is 3.66. The van der Waals surface area contributed by atoms with Crippen LogP contribution in [0.1, 0.15) is 0 Å². The number of carbonyl (C=O) groups excluding carboxylic acids is 1. The average molecular weight is 263 g/mol. The number of hydrogen-bond acceptors (Lipinski definition) is 2. The highest BCUT2D eigenvalue weighted by Gasteiger charge is 2.31. The summed E-state index contributed by atoms with van der Waals surface area (Å²) in [6, 6.07) is 0. The van der Waals surface area contributed by atoms with E-state index in [0.717, 1.165) is 0 Å². The second kappa shape index (κ2) is 3.96. The topological polar surface area (TPSA) is 52.3 Å². The molecular formula is C6H3Cl4NO2. The molecule has 1 rings (SSSR count). The van der Waals surface area contributed by atoms with Gasteiger partial charge in [0.2, 0.25) is 11.3 Å². The Kier molecular flexibility index (Phi) is 3.35. The number of halogens is 4. The van der Waals surface area contributed by atoms with E-state index in [0.29, 0.717) is 0 Å². The number of allylic oxidation sites excluding steroid dienone is 2. The van der Waals surface area contributed by atoms with Crippen molar-refractivity contribution in [3.63, 3.8) is 0 Å². The molecule has 0 saturated heterocycles. The minimum atomic E-state index is -1.16. The molecule has 0 radical (unpaired) electrons. The molecule has 0 saturated carbocycles. The van der Waals surface area contributed by atoms with E-state index >= 15 is 0 Å². The lowest BCUT2D eigenvalue weighted by Gasteiger charge is -2.20. The summed E-state index contributed by atoms with van der Waals surface area (Å²) in [6.45, 7) is 0. The molecule has 3 nitrogen and oxygen atoms in total. The van der Waals surface area contributed by atoms with E-state index < -0.39 is 12.0 Å². The normalized spacial score (nSPS) is 23.2. The zero-order chi connectivity index (χ0) is 10.2. The van der Waals surface area contributed by atoms with Crippen LogP contribution in [0.2, 0.25) is 0 Å². The molecule has 1 heterocycles. The highest BCUT2D eigenvalue weighted by Crippen LogP contribution is 2.37. The van der Waals surface area contributed by atoms with Gasteiger partial charge < -0.3 is 10.5 Å². The fourth-order valence-electron chi connectivity index (χ4n) is 0.696. The van der Waals surface area contributed by atoms with Crippen LogP contribution in [0.5, 0.6) is 0 Å². The molecule has 72 valence electrons. The van der Waals surface area contributed by atoms with Crippen molar-refractivity contribution in [2.45, 2.75) is 6.10 Å². The third-order valence-corrected chi connectivity index (χ3v) is 2.99. The summed E-state index contributed by atoms with van der Waals surface area (Å²) in [7, 11) is 0. The summed E-state index contributed by atoms with van der Waals surface area (Å²) in [4.78, 5) is 10.8. The van der Waals surface area contributed by atoms with Gasteiger partial charge in [-0.1, -0.05) is 34.8 Å². The van der Waals surface area contributed by atoms with Crippen LogP contribution in [0.4, 0.5) is 0 Å². The maximum Gasteiger partial charge on any atom is 0.264 e. The summed E-state index contributed by atoms with van der Waals surface area (Å²) in [6.07, 6.45) is -1.16. The molecule has 0 bridgehead atoms. The number of primary amides is 1. The van der Waals surface area contributed by atoms with Crippen LogP contribution in [0.3, 0.4) is 0 Å². The number of ether oxygens (including phenoxy) is 1. The van der Waals surface area contributed by atoms with Crippen LogP contribution in [0, 0.1) is 0 Å². The van der Waals surface area contributed by atoms with Crippen molar-refractivity contribution in [2.75, 3.05) is 0 Å². The van der Waals surface area contributed by atoms with Gasteiger partial charge in [-0.05, 0) is 11.6 Å². The van der Waals surface area contributed by atoms with Gasteiger partial charge in [-0.25, -0.2) is 0 Å². The van der Waals surface area contributed by atoms with Crippen molar-refractivity contribution in [1.82, 2.24) is 0 Å². The third kappa shape index (κ3) is 2.05. The van der Waals surface area contributed by atoms with Gasteiger partial charge in [0.05, 0.1) is 10.1 Å². The first kappa shape index (κ1) is 11.0. The Hall–Kier alpha value is -0.0900. The lowest BCUT2D eigenvalue weighted by atomic mass is 10.2. The minimum absolute atomic E-state index is 0.0246. The molecule has 7 heteroatoms. The van der Waals surface area contributed by atoms with Crippen LogP contribution >= 0.6 is 46.4 Å². The van der Waals surface area contributed by atoms with E-state index in [4.69, 9.17) is 56.9 Å².